The van der Waals surface area contributed by atoms with Crippen molar-refractivity contribution in [1.29, 1.82) is 0 Å². The summed E-state index contributed by atoms with van der Waals surface area (Å²) in [6.45, 7) is 17.6. The number of aromatic nitrogens is 3. The van der Waals surface area contributed by atoms with E-state index in [0.29, 0.717) is 28.2 Å². The molecule has 10 aromatic rings. The largest absolute Gasteiger partial charge is 0.507 e. The Hall–Kier alpha value is -6.55. The molecule has 10 rings (SSSR count). The van der Waals surface area contributed by atoms with Crippen molar-refractivity contribution in [3.8, 4) is 67.5 Å². The first-order valence-electron chi connectivity index (χ1n) is 24.2. The quantitative estimate of drug-likeness (QED) is 0.169. The van der Waals surface area contributed by atoms with Gasteiger partial charge in [-0.1, -0.05) is 188 Å². The molecule has 0 radical (unpaired) electrons. The molecule has 0 saturated heterocycles. The van der Waals surface area contributed by atoms with Crippen LogP contribution in [0.15, 0.2) is 156 Å². The van der Waals surface area contributed by atoms with Crippen molar-refractivity contribution >= 4 is 33.0 Å². The normalized spacial score (nSPS) is 13.1. The third-order valence-electron chi connectivity index (χ3n) is 12.8. The third-order valence-corrected chi connectivity index (χ3v) is 12.8. The van der Waals surface area contributed by atoms with Crippen LogP contribution >= 0.6 is 0 Å². The number of phenols is 1. The third kappa shape index (κ3) is 8.33. The first kappa shape index (κ1) is 41.8. The fraction of sp³-hybridized carbons (Fsp3) is 0.213. The SMILES string of the molecule is [2H]C([2H])([2H])c1ccc(-c2ccnc(-c3[c-]c(-c4cccc5c4nc(-c4cc(C(C)(C)C)cc(C(C)(C)C)c4O)n5-c4ccc(C(C)(C)C)cc4-c4ccccc4)c4c(c3)oc3ccccc34)c2)cc1.[Pt]. The maximum atomic E-state index is 12.6. The van der Waals surface area contributed by atoms with Gasteiger partial charge in [0.05, 0.1) is 27.9 Å². The Balaban J connectivity index is 0.00000608. The number of aryl methyl sites for hydroxylation is 1. The number of para-hydroxylation sites is 2. The number of rotatable bonds is 6. The summed E-state index contributed by atoms with van der Waals surface area (Å²) in [6.07, 6.45) is 1.77. The molecule has 6 heteroatoms. The van der Waals surface area contributed by atoms with Gasteiger partial charge in [-0.2, -0.15) is 0 Å². The van der Waals surface area contributed by atoms with Crippen LogP contribution in [-0.2, 0) is 37.3 Å². The summed E-state index contributed by atoms with van der Waals surface area (Å²) in [4.78, 5) is 10.6. The molecular weight excluding hydrogens is 1000 g/mol. The minimum absolute atomic E-state index is 0. The van der Waals surface area contributed by atoms with E-state index in [0.717, 1.165) is 83.1 Å². The molecule has 0 bridgehead atoms. The molecule has 3 aromatic heterocycles. The summed E-state index contributed by atoms with van der Waals surface area (Å²) in [6, 6.07) is 52.6. The number of hydrogen-bond donors (Lipinski definition) is 1. The van der Waals surface area contributed by atoms with Crippen LogP contribution in [0.2, 0.25) is 0 Å². The average Bonchev–Trinajstić information content (AvgIpc) is 3.89. The zero-order chi connectivity index (χ0) is 48.8. The maximum Gasteiger partial charge on any atom is 0.148 e. The topological polar surface area (TPSA) is 64.1 Å². The van der Waals surface area contributed by atoms with Gasteiger partial charge in [0, 0.05) is 48.2 Å². The molecule has 0 fully saturated rings. The van der Waals surface area contributed by atoms with E-state index in [2.05, 4.69) is 152 Å². The van der Waals surface area contributed by atoms with E-state index in [-0.39, 0.29) is 43.1 Å². The van der Waals surface area contributed by atoms with Crippen LogP contribution < -0.4 is 0 Å². The van der Waals surface area contributed by atoms with Crippen LogP contribution in [0.4, 0.5) is 0 Å². The van der Waals surface area contributed by atoms with Crippen LogP contribution in [-0.4, -0.2) is 19.6 Å². The molecule has 0 aliphatic rings. The molecule has 0 saturated carbocycles. The summed E-state index contributed by atoms with van der Waals surface area (Å²) in [5.41, 5.74) is 14.3. The van der Waals surface area contributed by atoms with Crippen LogP contribution in [0.1, 0.15) is 88.7 Å². The summed E-state index contributed by atoms with van der Waals surface area (Å²) in [7, 11) is 0. The molecule has 338 valence electrons. The van der Waals surface area contributed by atoms with E-state index >= 15 is 0 Å². The zero-order valence-corrected chi connectivity index (χ0v) is 41.7. The van der Waals surface area contributed by atoms with Gasteiger partial charge >= 0.3 is 0 Å². The molecule has 5 nitrogen and oxygen atoms in total. The molecule has 0 atom stereocenters. The molecule has 67 heavy (non-hydrogen) atoms. The molecule has 0 spiro atoms. The number of nitrogens with zero attached hydrogens (tertiary/aromatic N) is 3. The maximum absolute atomic E-state index is 12.6. The standard InChI is InChI=1S/C61H56N3O2.Pt/c1-37-23-25-38(26-24-37)40-29-30-62-50(32-40)41-31-47(55-45-19-14-15-22-53(45)66-54(55)33-41)44-20-16-21-52-56(44)63-58(48-35-43(60(5,6)7)36-49(57(48)65)61(8,9)10)64(52)51-28-27-42(59(2,3)4)34-46(51)39-17-12-11-13-18-39;/h11-30,32-36,65H,1-10H3;/q-1;/i1D3;. The van der Waals surface area contributed by atoms with Gasteiger partial charge in [0.2, 0.25) is 0 Å². The molecule has 0 aliphatic heterocycles. The Morgan fingerprint density at radius 1 is 0.612 bits per heavy atom. The molecule has 1 N–H and O–H groups in total. The van der Waals surface area contributed by atoms with E-state index < -0.39 is 6.85 Å². The van der Waals surface area contributed by atoms with E-state index in [9.17, 15) is 5.11 Å². The number of imidazole rings is 1. The molecular formula is C61H56N3O2Pt-. The van der Waals surface area contributed by atoms with E-state index in [1.165, 1.54) is 5.56 Å². The number of hydrogen-bond acceptors (Lipinski definition) is 4. The number of benzene rings is 7. The monoisotopic (exact) mass is 1060 g/mol. The van der Waals surface area contributed by atoms with E-state index in [4.69, 9.17) is 18.5 Å². The average molecular weight is 1060 g/mol. The van der Waals surface area contributed by atoms with Gasteiger partial charge in [0.1, 0.15) is 17.2 Å². The summed E-state index contributed by atoms with van der Waals surface area (Å²) >= 11 is 0. The molecule has 7 aromatic carbocycles. The number of phenolic OH excluding ortho intramolecular Hbond substituents is 1. The minimum atomic E-state index is -2.19. The van der Waals surface area contributed by atoms with Gasteiger partial charge in [0.15, 0.2) is 0 Å². The van der Waals surface area contributed by atoms with Gasteiger partial charge < -0.3 is 9.52 Å². The van der Waals surface area contributed by atoms with Gasteiger partial charge in [-0.05, 0) is 98.1 Å². The molecule has 0 amide bonds. The van der Waals surface area contributed by atoms with Crippen molar-refractivity contribution in [2.75, 3.05) is 0 Å². The Bertz CT molecular complexity index is 3610. The van der Waals surface area contributed by atoms with Crippen LogP contribution in [0.3, 0.4) is 0 Å². The molecule has 0 aliphatic carbocycles. The van der Waals surface area contributed by atoms with Gasteiger partial charge in [0.25, 0.3) is 0 Å². The summed E-state index contributed by atoms with van der Waals surface area (Å²) in [5.74, 6) is 0.826. The first-order chi connectivity index (χ1) is 32.6. The second-order valence-electron chi connectivity index (χ2n) is 20.6. The second-order valence-corrected chi connectivity index (χ2v) is 20.6. The summed E-state index contributed by atoms with van der Waals surface area (Å²) in [5, 5.41) is 14.5. The fourth-order valence-electron chi connectivity index (χ4n) is 9.13. The number of aromatic hydroxyl groups is 1. The van der Waals surface area contributed by atoms with Crippen molar-refractivity contribution in [1.82, 2.24) is 14.5 Å². The molecule has 3 heterocycles. The minimum Gasteiger partial charge on any atom is -0.507 e. The van der Waals surface area contributed by atoms with Crippen molar-refractivity contribution < 1.29 is 34.7 Å². The van der Waals surface area contributed by atoms with Crippen LogP contribution in [0, 0.1) is 12.9 Å². The van der Waals surface area contributed by atoms with E-state index in [1.807, 2.05) is 54.6 Å². The Labute approximate surface area is 413 Å². The number of furan rings is 1. The fourth-order valence-corrected chi connectivity index (χ4v) is 9.13. The predicted molar refractivity (Wildman–Crippen MR) is 275 cm³/mol. The van der Waals surface area contributed by atoms with Gasteiger partial charge in [-0.15, -0.1) is 11.6 Å². The Morgan fingerprint density at radius 2 is 1.33 bits per heavy atom. The predicted octanol–water partition coefficient (Wildman–Crippen LogP) is 16.4. The van der Waals surface area contributed by atoms with Crippen molar-refractivity contribution in [3.63, 3.8) is 0 Å². The van der Waals surface area contributed by atoms with E-state index in [1.54, 1.807) is 18.3 Å². The molecule has 0 unspecified atom stereocenters. The van der Waals surface area contributed by atoms with Crippen molar-refractivity contribution in [3.05, 3.63) is 180 Å². The van der Waals surface area contributed by atoms with Crippen LogP contribution in [0.25, 0.3) is 94.7 Å². The van der Waals surface area contributed by atoms with Crippen molar-refractivity contribution in [2.24, 2.45) is 0 Å². The van der Waals surface area contributed by atoms with Gasteiger partial charge in [-0.25, -0.2) is 4.98 Å². The van der Waals surface area contributed by atoms with Gasteiger partial charge in [-0.3, -0.25) is 9.55 Å². The first-order valence-corrected chi connectivity index (χ1v) is 22.7. The number of fused-ring (bicyclic) bond motifs is 4. The zero-order valence-electron chi connectivity index (χ0n) is 42.4. The summed E-state index contributed by atoms with van der Waals surface area (Å²) < 4.78 is 32.5. The second kappa shape index (κ2) is 17.0. The van der Waals surface area contributed by atoms with Crippen LogP contribution in [0.5, 0.6) is 5.75 Å². The smallest absolute Gasteiger partial charge is 0.148 e. The van der Waals surface area contributed by atoms with Crippen molar-refractivity contribution in [2.45, 2.75) is 85.4 Å². The number of pyridine rings is 1. The Morgan fingerprint density at radius 3 is 2.04 bits per heavy atom. The Kier molecular flexibility index (Phi) is 10.6.